The van der Waals surface area contributed by atoms with Crippen molar-refractivity contribution >= 4 is 11.8 Å². The molecule has 2 aromatic rings. The van der Waals surface area contributed by atoms with Crippen LogP contribution in [0.2, 0.25) is 0 Å². The molecular formula is C16H18FNS. The number of rotatable bonds is 5. The third-order valence-electron chi connectivity index (χ3n) is 3.12. The van der Waals surface area contributed by atoms with Crippen LogP contribution in [-0.4, -0.2) is 0 Å². The van der Waals surface area contributed by atoms with Crippen molar-refractivity contribution in [3.8, 4) is 0 Å². The highest BCUT2D eigenvalue weighted by molar-refractivity contribution is 7.97. The minimum atomic E-state index is -0.144. The molecule has 1 nitrogen and oxygen atoms in total. The van der Waals surface area contributed by atoms with E-state index in [0.29, 0.717) is 12.3 Å². The van der Waals surface area contributed by atoms with Crippen LogP contribution in [0.4, 0.5) is 4.39 Å². The van der Waals surface area contributed by atoms with Crippen molar-refractivity contribution in [2.75, 3.05) is 0 Å². The maximum Gasteiger partial charge on any atom is 0.127 e. The van der Waals surface area contributed by atoms with Crippen molar-refractivity contribution in [1.29, 1.82) is 0 Å². The minimum absolute atomic E-state index is 0.144. The molecule has 0 saturated carbocycles. The Hall–Kier alpha value is -1.32. The SMILES string of the molecule is Cc1ccccc1CSCc1cc(CN)ccc1F. The second kappa shape index (κ2) is 6.73. The van der Waals surface area contributed by atoms with Crippen molar-refractivity contribution in [3.63, 3.8) is 0 Å². The molecule has 0 radical (unpaired) electrons. The van der Waals surface area contributed by atoms with Gasteiger partial charge < -0.3 is 5.73 Å². The van der Waals surface area contributed by atoms with Gasteiger partial charge in [0.15, 0.2) is 0 Å². The fourth-order valence-electron chi connectivity index (χ4n) is 1.91. The van der Waals surface area contributed by atoms with Crippen LogP contribution in [0.5, 0.6) is 0 Å². The highest BCUT2D eigenvalue weighted by Gasteiger charge is 2.04. The van der Waals surface area contributed by atoms with Gasteiger partial charge in [-0.3, -0.25) is 0 Å². The lowest BCUT2D eigenvalue weighted by molar-refractivity contribution is 0.616. The predicted octanol–water partition coefficient (Wildman–Crippen LogP) is 4.03. The minimum Gasteiger partial charge on any atom is -0.326 e. The van der Waals surface area contributed by atoms with Crippen LogP contribution in [0.15, 0.2) is 42.5 Å². The molecule has 0 aliphatic rings. The van der Waals surface area contributed by atoms with Crippen molar-refractivity contribution in [2.24, 2.45) is 5.73 Å². The molecule has 2 aromatic carbocycles. The van der Waals surface area contributed by atoms with Crippen LogP contribution in [0.25, 0.3) is 0 Å². The molecule has 19 heavy (non-hydrogen) atoms. The van der Waals surface area contributed by atoms with Gasteiger partial charge in [-0.15, -0.1) is 0 Å². The highest BCUT2D eigenvalue weighted by atomic mass is 32.2. The Morgan fingerprint density at radius 2 is 1.79 bits per heavy atom. The fourth-order valence-corrected chi connectivity index (χ4v) is 3.00. The van der Waals surface area contributed by atoms with Gasteiger partial charge in [0.2, 0.25) is 0 Å². The molecule has 0 bridgehead atoms. The first kappa shape index (κ1) is 14.1. The smallest absolute Gasteiger partial charge is 0.127 e. The molecule has 0 aromatic heterocycles. The Morgan fingerprint density at radius 1 is 1.05 bits per heavy atom. The average molecular weight is 275 g/mol. The molecular weight excluding hydrogens is 257 g/mol. The maximum atomic E-state index is 13.7. The zero-order valence-corrected chi connectivity index (χ0v) is 11.8. The topological polar surface area (TPSA) is 26.0 Å². The lowest BCUT2D eigenvalue weighted by atomic mass is 10.1. The van der Waals surface area contributed by atoms with Gasteiger partial charge in [0.25, 0.3) is 0 Å². The number of nitrogens with two attached hydrogens (primary N) is 1. The summed E-state index contributed by atoms with van der Waals surface area (Å²) < 4.78 is 13.7. The summed E-state index contributed by atoms with van der Waals surface area (Å²) in [5.41, 5.74) is 9.89. The molecule has 0 aliphatic carbocycles. The third kappa shape index (κ3) is 3.82. The Balaban J connectivity index is 1.98. The van der Waals surface area contributed by atoms with Gasteiger partial charge in [-0.05, 0) is 35.2 Å². The molecule has 0 heterocycles. The molecule has 0 spiro atoms. The van der Waals surface area contributed by atoms with Crippen LogP contribution < -0.4 is 5.73 Å². The van der Waals surface area contributed by atoms with Gasteiger partial charge in [-0.1, -0.05) is 36.4 Å². The molecule has 0 unspecified atom stereocenters. The third-order valence-corrected chi connectivity index (χ3v) is 4.15. The lowest BCUT2D eigenvalue weighted by Crippen LogP contribution is -1.98. The standard InChI is InChI=1S/C16H18FNS/c1-12-4-2-3-5-14(12)10-19-11-15-8-13(9-18)6-7-16(15)17/h2-8H,9-11,18H2,1H3. The summed E-state index contributed by atoms with van der Waals surface area (Å²) in [6, 6.07) is 13.4. The van der Waals surface area contributed by atoms with E-state index in [1.54, 1.807) is 17.8 Å². The molecule has 0 amide bonds. The summed E-state index contributed by atoms with van der Waals surface area (Å²) in [6.07, 6.45) is 0. The summed E-state index contributed by atoms with van der Waals surface area (Å²) in [4.78, 5) is 0. The molecule has 0 atom stereocenters. The molecule has 0 aliphatic heterocycles. The molecule has 0 saturated heterocycles. The van der Waals surface area contributed by atoms with Crippen LogP contribution in [0.1, 0.15) is 22.3 Å². The normalized spacial score (nSPS) is 10.7. The molecule has 0 fully saturated rings. The monoisotopic (exact) mass is 275 g/mol. The summed E-state index contributed by atoms with van der Waals surface area (Å²) in [6.45, 7) is 2.56. The van der Waals surface area contributed by atoms with Crippen LogP contribution in [0.3, 0.4) is 0 Å². The largest absolute Gasteiger partial charge is 0.326 e. The lowest BCUT2D eigenvalue weighted by Gasteiger charge is -2.07. The number of hydrogen-bond donors (Lipinski definition) is 1. The second-order valence-electron chi connectivity index (χ2n) is 4.55. The van der Waals surface area contributed by atoms with E-state index in [0.717, 1.165) is 16.9 Å². The Morgan fingerprint density at radius 3 is 2.53 bits per heavy atom. The summed E-state index contributed by atoms with van der Waals surface area (Å²) in [5, 5.41) is 0. The predicted molar refractivity (Wildman–Crippen MR) is 80.5 cm³/mol. The summed E-state index contributed by atoms with van der Waals surface area (Å²) in [5.74, 6) is 1.43. The van der Waals surface area contributed by atoms with Crippen LogP contribution in [-0.2, 0) is 18.1 Å². The van der Waals surface area contributed by atoms with Crippen LogP contribution >= 0.6 is 11.8 Å². The van der Waals surface area contributed by atoms with Crippen LogP contribution in [0, 0.1) is 12.7 Å². The van der Waals surface area contributed by atoms with E-state index < -0.39 is 0 Å². The summed E-state index contributed by atoms with van der Waals surface area (Å²) in [7, 11) is 0. The van der Waals surface area contributed by atoms with Crippen molar-refractivity contribution in [3.05, 3.63) is 70.5 Å². The Labute approximate surface area is 118 Å². The van der Waals surface area contributed by atoms with Gasteiger partial charge in [0.05, 0.1) is 0 Å². The molecule has 100 valence electrons. The first-order valence-electron chi connectivity index (χ1n) is 6.30. The number of thioether (sulfide) groups is 1. The van der Waals surface area contributed by atoms with Gasteiger partial charge in [-0.2, -0.15) is 11.8 Å². The van der Waals surface area contributed by atoms with Crippen molar-refractivity contribution in [2.45, 2.75) is 25.0 Å². The van der Waals surface area contributed by atoms with E-state index in [-0.39, 0.29) is 5.82 Å². The average Bonchev–Trinajstić information content (AvgIpc) is 2.43. The molecule has 3 heteroatoms. The number of aryl methyl sites for hydroxylation is 1. The zero-order valence-electron chi connectivity index (χ0n) is 11.0. The van der Waals surface area contributed by atoms with Crippen molar-refractivity contribution in [1.82, 2.24) is 0 Å². The maximum absolute atomic E-state index is 13.7. The van der Waals surface area contributed by atoms with Gasteiger partial charge in [0.1, 0.15) is 5.82 Å². The molecule has 2 rings (SSSR count). The van der Waals surface area contributed by atoms with E-state index in [1.165, 1.54) is 17.2 Å². The van der Waals surface area contributed by atoms with Gasteiger partial charge in [-0.25, -0.2) is 4.39 Å². The van der Waals surface area contributed by atoms with E-state index in [4.69, 9.17) is 5.73 Å². The number of halogens is 1. The van der Waals surface area contributed by atoms with Gasteiger partial charge in [0, 0.05) is 18.1 Å². The second-order valence-corrected chi connectivity index (χ2v) is 5.53. The molecule has 2 N–H and O–H groups in total. The highest BCUT2D eigenvalue weighted by Crippen LogP contribution is 2.22. The van der Waals surface area contributed by atoms with E-state index in [1.807, 2.05) is 18.2 Å². The Bertz CT molecular complexity index is 554. The summed E-state index contributed by atoms with van der Waals surface area (Å²) >= 11 is 1.73. The van der Waals surface area contributed by atoms with Gasteiger partial charge >= 0.3 is 0 Å². The quantitative estimate of drug-likeness (QED) is 0.891. The zero-order chi connectivity index (χ0) is 13.7. The van der Waals surface area contributed by atoms with E-state index >= 15 is 0 Å². The number of hydrogen-bond acceptors (Lipinski definition) is 2. The Kier molecular flexibility index (Phi) is 5.00. The van der Waals surface area contributed by atoms with Crippen molar-refractivity contribution < 1.29 is 4.39 Å². The number of benzene rings is 2. The first-order chi connectivity index (χ1) is 9.20. The van der Waals surface area contributed by atoms with E-state index in [2.05, 4.69) is 19.1 Å². The fraction of sp³-hybridized carbons (Fsp3) is 0.250. The first-order valence-corrected chi connectivity index (χ1v) is 7.46. The van der Waals surface area contributed by atoms with E-state index in [9.17, 15) is 4.39 Å².